The first-order valence-electron chi connectivity index (χ1n) is 9.48. The number of rotatable bonds is 6. The van der Waals surface area contributed by atoms with Crippen LogP contribution in [0.5, 0.6) is 0 Å². The highest BCUT2D eigenvalue weighted by molar-refractivity contribution is 6.04. The van der Waals surface area contributed by atoms with Crippen molar-refractivity contribution in [1.82, 2.24) is 9.78 Å². The Morgan fingerprint density at radius 3 is 2.27 bits per heavy atom. The molecule has 4 aromatic rings. The summed E-state index contributed by atoms with van der Waals surface area (Å²) < 4.78 is 29.3. The minimum Gasteiger partial charge on any atom is -0.319 e. The Morgan fingerprint density at radius 1 is 0.867 bits per heavy atom. The van der Waals surface area contributed by atoms with Gasteiger partial charge in [-0.3, -0.25) is 9.48 Å². The number of hydrogen-bond donors (Lipinski definition) is 1. The van der Waals surface area contributed by atoms with E-state index in [9.17, 15) is 13.6 Å². The van der Waals surface area contributed by atoms with Crippen molar-refractivity contribution in [2.75, 3.05) is 5.32 Å². The lowest BCUT2D eigenvalue weighted by Crippen LogP contribution is -2.15. The van der Waals surface area contributed by atoms with Crippen molar-refractivity contribution in [3.05, 3.63) is 119 Å². The summed E-state index contributed by atoms with van der Waals surface area (Å²) in [7, 11) is 0. The van der Waals surface area contributed by atoms with E-state index in [1.807, 2.05) is 36.4 Å². The Hall–Kier alpha value is -3.80. The van der Waals surface area contributed by atoms with E-state index in [1.165, 1.54) is 23.4 Å². The van der Waals surface area contributed by atoms with E-state index in [4.69, 9.17) is 0 Å². The van der Waals surface area contributed by atoms with E-state index in [-0.39, 0.29) is 0 Å². The molecular weight excluding hydrogens is 384 g/mol. The first kappa shape index (κ1) is 19.5. The van der Waals surface area contributed by atoms with E-state index in [1.54, 1.807) is 10.9 Å². The molecule has 4 nitrogen and oxygen atoms in total. The molecule has 4 rings (SSSR count). The van der Waals surface area contributed by atoms with Gasteiger partial charge in [0.15, 0.2) is 0 Å². The smallest absolute Gasteiger partial charge is 0.261 e. The number of amides is 1. The first-order chi connectivity index (χ1) is 14.6. The second kappa shape index (κ2) is 8.69. The van der Waals surface area contributed by atoms with Crippen molar-refractivity contribution in [2.45, 2.75) is 13.0 Å². The molecule has 0 fully saturated rings. The van der Waals surface area contributed by atoms with E-state index >= 15 is 0 Å². The maximum atomic E-state index is 13.8. The molecule has 1 aromatic heterocycles. The number of nitrogens with one attached hydrogen (secondary N) is 1. The summed E-state index contributed by atoms with van der Waals surface area (Å²) in [5.74, 6) is -2.67. The summed E-state index contributed by atoms with van der Waals surface area (Å²) in [5, 5.41) is 6.76. The molecule has 0 radical (unpaired) electrons. The predicted molar refractivity (Wildman–Crippen MR) is 111 cm³/mol. The molecule has 3 aromatic carbocycles. The molecule has 1 heterocycles. The highest BCUT2D eigenvalue weighted by Crippen LogP contribution is 2.18. The zero-order chi connectivity index (χ0) is 20.9. The molecule has 0 spiro atoms. The summed E-state index contributed by atoms with van der Waals surface area (Å²) in [6, 6.07) is 21.6. The Kier molecular flexibility index (Phi) is 5.66. The second-order valence-corrected chi connectivity index (χ2v) is 6.91. The third kappa shape index (κ3) is 4.43. The number of hydrogen-bond acceptors (Lipinski definition) is 2. The zero-order valence-electron chi connectivity index (χ0n) is 16.1. The number of nitrogens with zero attached hydrogens (tertiary/aromatic N) is 2. The minimum atomic E-state index is -0.908. The van der Waals surface area contributed by atoms with Gasteiger partial charge < -0.3 is 5.32 Å². The summed E-state index contributed by atoms with van der Waals surface area (Å²) in [6.45, 7) is 0.507. The quantitative estimate of drug-likeness (QED) is 0.490. The zero-order valence-corrected chi connectivity index (χ0v) is 16.1. The van der Waals surface area contributed by atoms with E-state index < -0.39 is 23.1 Å². The van der Waals surface area contributed by atoms with Crippen molar-refractivity contribution < 1.29 is 13.6 Å². The van der Waals surface area contributed by atoms with Crippen LogP contribution in [-0.4, -0.2) is 15.7 Å². The van der Waals surface area contributed by atoms with E-state index in [0.717, 1.165) is 24.1 Å². The van der Waals surface area contributed by atoms with Gasteiger partial charge in [0.25, 0.3) is 5.91 Å². The number of aromatic nitrogens is 2. The van der Waals surface area contributed by atoms with Crippen LogP contribution in [0.1, 0.15) is 27.0 Å². The maximum absolute atomic E-state index is 13.8. The second-order valence-electron chi connectivity index (χ2n) is 6.91. The van der Waals surface area contributed by atoms with E-state index in [2.05, 4.69) is 28.6 Å². The SMILES string of the molecule is O=C(Nc1cnn(Cc2ccccc2Cc2ccccc2)c1)c1c(F)cccc1F. The van der Waals surface area contributed by atoms with Gasteiger partial charge in [-0.05, 0) is 35.2 Å². The molecule has 150 valence electrons. The van der Waals surface area contributed by atoms with Crippen LogP contribution in [0.2, 0.25) is 0 Å². The molecule has 1 amide bonds. The van der Waals surface area contributed by atoms with Crippen LogP contribution in [0.25, 0.3) is 0 Å². The van der Waals surface area contributed by atoms with Gasteiger partial charge in [-0.2, -0.15) is 5.10 Å². The topological polar surface area (TPSA) is 46.9 Å². The number of carbonyl (C=O) groups is 1. The van der Waals surface area contributed by atoms with Gasteiger partial charge in [0.05, 0.1) is 18.4 Å². The number of carbonyl (C=O) groups excluding carboxylic acids is 1. The van der Waals surface area contributed by atoms with Crippen LogP contribution in [-0.2, 0) is 13.0 Å². The van der Waals surface area contributed by atoms with Crippen LogP contribution in [0.4, 0.5) is 14.5 Å². The molecule has 0 atom stereocenters. The van der Waals surface area contributed by atoms with Crippen molar-refractivity contribution in [2.24, 2.45) is 0 Å². The molecule has 0 saturated carbocycles. The number of anilines is 1. The van der Waals surface area contributed by atoms with Crippen LogP contribution >= 0.6 is 0 Å². The van der Waals surface area contributed by atoms with Gasteiger partial charge in [0, 0.05) is 6.20 Å². The predicted octanol–water partition coefficient (Wildman–Crippen LogP) is 5.05. The Bertz CT molecular complexity index is 1150. The molecule has 6 heteroatoms. The van der Waals surface area contributed by atoms with Crippen LogP contribution in [0, 0.1) is 11.6 Å². The summed E-state index contributed by atoms with van der Waals surface area (Å²) in [5.41, 5.74) is 3.24. The molecule has 0 aliphatic carbocycles. The Labute approximate surface area is 172 Å². The molecule has 0 unspecified atom stereocenters. The molecule has 0 saturated heterocycles. The average Bonchev–Trinajstić information content (AvgIpc) is 3.17. The van der Waals surface area contributed by atoms with Gasteiger partial charge in [-0.25, -0.2) is 8.78 Å². The normalized spacial score (nSPS) is 10.7. The van der Waals surface area contributed by atoms with Crippen molar-refractivity contribution >= 4 is 11.6 Å². The molecule has 1 N–H and O–H groups in total. The van der Waals surface area contributed by atoms with Gasteiger partial charge in [0.2, 0.25) is 0 Å². The third-order valence-corrected chi connectivity index (χ3v) is 4.77. The van der Waals surface area contributed by atoms with Crippen LogP contribution in [0.3, 0.4) is 0 Å². The van der Waals surface area contributed by atoms with Crippen LogP contribution < -0.4 is 5.32 Å². The lowest BCUT2D eigenvalue weighted by Gasteiger charge is -2.10. The molecular formula is C24H19F2N3O. The van der Waals surface area contributed by atoms with Gasteiger partial charge in [-0.15, -0.1) is 0 Å². The Balaban J connectivity index is 1.49. The lowest BCUT2D eigenvalue weighted by atomic mass is 10.00. The Morgan fingerprint density at radius 2 is 1.53 bits per heavy atom. The van der Waals surface area contributed by atoms with Gasteiger partial charge in [0.1, 0.15) is 17.2 Å². The third-order valence-electron chi connectivity index (χ3n) is 4.77. The summed E-state index contributed by atoms with van der Waals surface area (Å²) in [6.07, 6.45) is 3.89. The standard InChI is InChI=1S/C24H19F2N3O/c25-21-11-6-12-22(26)23(21)24(30)28-20-14-27-29(16-20)15-19-10-5-4-9-18(19)13-17-7-2-1-3-8-17/h1-12,14,16H,13,15H2,(H,28,30). The monoisotopic (exact) mass is 403 g/mol. The fraction of sp³-hybridized carbons (Fsp3) is 0.0833. The largest absolute Gasteiger partial charge is 0.319 e. The number of benzene rings is 3. The first-order valence-corrected chi connectivity index (χ1v) is 9.48. The summed E-state index contributed by atoms with van der Waals surface area (Å²) in [4.78, 5) is 12.3. The van der Waals surface area contributed by atoms with Crippen molar-refractivity contribution in [3.8, 4) is 0 Å². The number of halogens is 2. The molecule has 30 heavy (non-hydrogen) atoms. The van der Waals surface area contributed by atoms with E-state index in [0.29, 0.717) is 12.2 Å². The van der Waals surface area contributed by atoms with Gasteiger partial charge in [-0.1, -0.05) is 60.7 Å². The highest BCUT2D eigenvalue weighted by Gasteiger charge is 2.17. The maximum Gasteiger partial charge on any atom is 0.261 e. The fourth-order valence-corrected chi connectivity index (χ4v) is 3.30. The highest BCUT2D eigenvalue weighted by atomic mass is 19.1. The van der Waals surface area contributed by atoms with Crippen molar-refractivity contribution in [1.29, 1.82) is 0 Å². The van der Waals surface area contributed by atoms with Gasteiger partial charge >= 0.3 is 0 Å². The minimum absolute atomic E-state index is 0.364. The lowest BCUT2D eigenvalue weighted by molar-refractivity contribution is 0.101. The molecule has 0 aliphatic rings. The summed E-state index contributed by atoms with van der Waals surface area (Å²) >= 11 is 0. The molecule has 0 aliphatic heterocycles. The molecule has 0 bridgehead atoms. The van der Waals surface area contributed by atoms with Crippen LogP contribution in [0.15, 0.2) is 85.2 Å². The van der Waals surface area contributed by atoms with Crippen molar-refractivity contribution in [3.63, 3.8) is 0 Å². The fourth-order valence-electron chi connectivity index (χ4n) is 3.30. The average molecular weight is 403 g/mol.